The molecule has 0 bridgehead atoms. The van der Waals surface area contributed by atoms with Gasteiger partial charge in [-0.15, -0.1) is 10.2 Å². The molecular formula is C20H19N3O5. The van der Waals surface area contributed by atoms with Gasteiger partial charge >= 0.3 is 5.97 Å². The average molecular weight is 381 g/mol. The number of esters is 1. The van der Waals surface area contributed by atoms with E-state index in [0.29, 0.717) is 11.6 Å². The molecule has 8 nitrogen and oxygen atoms in total. The maximum absolute atomic E-state index is 12.0. The van der Waals surface area contributed by atoms with Gasteiger partial charge in [0.1, 0.15) is 11.8 Å². The highest BCUT2D eigenvalue weighted by Gasteiger charge is 2.19. The van der Waals surface area contributed by atoms with Gasteiger partial charge in [0.2, 0.25) is 5.89 Å². The molecular weight excluding hydrogens is 362 g/mol. The van der Waals surface area contributed by atoms with E-state index in [1.807, 2.05) is 36.4 Å². The second-order valence-electron chi connectivity index (χ2n) is 5.87. The molecule has 0 radical (unpaired) electrons. The van der Waals surface area contributed by atoms with Crippen LogP contribution in [0, 0.1) is 0 Å². The van der Waals surface area contributed by atoms with Crippen LogP contribution in [0.25, 0.3) is 11.5 Å². The van der Waals surface area contributed by atoms with Crippen LogP contribution in [0.1, 0.15) is 12.8 Å². The minimum atomic E-state index is -0.844. The van der Waals surface area contributed by atoms with E-state index in [1.165, 1.54) is 6.92 Å². The number of ether oxygens (including phenoxy) is 2. The van der Waals surface area contributed by atoms with Gasteiger partial charge in [0.25, 0.3) is 11.8 Å². The van der Waals surface area contributed by atoms with Crippen LogP contribution in [0.4, 0.5) is 0 Å². The maximum Gasteiger partial charge on any atom is 0.328 e. The first-order chi connectivity index (χ1) is 13.6. The van der Waals surface area contributed by atoms with Crippen LogP contribution in [0.3, 0.4) is 0 Å². The Labute approximate surface area is 161 Å². The van der Waals surface area contributed by atoms with Gasteiger partial charge in [-0.2, -0.15) is 0 Å². The SMILES string of the molecule is C[C@H](NC(=O)COc1ccccc1)C(=O)OCc1nnc(-c2ccccc2)o1. The molecule has 0 saturated carbocycles. The van der Waals surface area contributed by atoms with Gasteiger partial charge in [0, 0.05) is 5.56 Å². The van der Waals surface area contributed by atoms with E-state index in [0.717, 1.165) is 5.56 Å². The van der Waals surface area contributed by atoms with Crippen molar-refractivity contribution < 1.29 is 23.5 Å². The van der Waals surface area contributed by atoms with Crippen LogP contribution in [-0.2, 0) is 20.9 Å². The summed E-state index contributed by atoms with van der Waals surface area (Å²) in [5.41, 5.74) is 0.770. The van der Waals surface area contributed by atoms with Crippen LogP contribution in [-0.4, -0.2) is 34.7 Å². The number of nitrogens with one attached hydrogen (secondary N) is 1. The molecule has 0 aliphatic rings. The summed E-state index contributed by atoms with van der Waals surface area (Å²) in [6.45, 7) is 1.14. The summed E-state index contributed by atoms with van der Waals surface area (Å²) >= 11 is 0. The molecule has 3 rings (SSSR count). The molecule has 0 fully saturated rings. The number of benzene rings is 2. The van der Waals surface area contributed by atoms with E-state index in [-0.39, 0.29) is 19.1 Å². The quantitative estimate of drug-likeness (QED) is 0.597. The number of aromatic nitrogens is 2. The molecule has 2 aromatic carbocycles. The molecule has 0 aliphatic heterocycles. The summed E-state index contributed by atoms with van der Waals surface area (Å²) in [6.07, 6.45) is 0. The zero-order chi connectivity index (χ0) is 19.8. The van der Waals surface area contributed by atoms with E-state index in [4.69, 9.17) is 13.9 Å². The number of carbonyl (C=O) groups is 2. The zero-order valence-electron chi connectivity index (χ0n) is 15.2. The summed E-state index contributed by atoms with van der Waals surface area (Å²) in [6, 6.07) is 17.3. The average Bonchev–Trinajstić information content (AvgIpc) is 3.21. The summed E-state index contributed by atoms with van der Waals surface area (Å²) in [5.74, 6) is 0.0210. The van der Waals surface area contributed by atoms with Gasteiger partial charge in [-0.25, -0.2) is 4.79 Å². The number of hydrogen-bond donors (Lipinski definition) is 1. The molecule has 1 N–H and O–H groups in total. The first kappa shape index (κ1) is 19.1. The predicted molar refractivity (Wildman–Crippen MR) is 99.1 cm³/mol. The fourth-order valence-corrected chi connectivity index (χ4v) is 2.27. The third kappa shape index (κ3) is 5.41. The van der Waals surface area contributed by atoms with Crippen molar-refractivity contribution in [3.05, 3.63) is 66.6 Å². The number of amides is 1. The van der Waals surface area contributed by atoms with Crippen molar-refractivity contribution in [3.8, 4) is 17.2 Å². The first-order valence-corrected chi connectivity index (χ1v) is 8.63. The van der Waals surface area contributed by atoms with E-state index >= 15 is 0 Å². The molecule has 0 aliphatic carbocycles. The van der Waals surface area contributed by atoms with Crippen molar-refractivity contribution in [1.82, 2.24) is 15.5 Å². The van der Waals surface area contributed by atoms with Gasteiger partial charge in [0.15, 0.2) is 13.2 Å². The molecule has 1 amide bonds. The number of para-hydroxylation sites is 1. The minimum Gasteiger partial charge on any atom is -0.484 e. The standard InChI is InChI=1S/C20H19N3O5/c1-14(21-17(24)12-26-16-10-6-3-7-11-16)20(25)27-13-18-22-23-19(28-18)15-8-4-2-5-9-15/h2-11,14H,12-13H2,1H3,(H,21,24)/t14-/m0/s1. The van der Waals surface area contributed by atoms with Crippen molar-refractivity contribution >= 4 is 11.9 Å². The third-order valence-corrected chi connectivity index (χ3v) is 3.67. The molecule has 1 atom stereocenters. The molecule has 0 saturated heterocycles. The van der Waals surface area contributed by atoms with E-state index in [2.05, 4.69) is 15.5 Å². The number of nitrogens with zero attached hydrogens (tertiary/aromatic N) is 2. The lowest BCUT2D eigenvalue weighted by molar-refractivity contribution is -0.149. The lowest BCUT2D eigenvalue weighted by Gasteiger charge is -2.13. The lowest BCUT2D eigenvalue weighted by atomic mass is 10.2. The summed E-state index contributed by atoms with van der Waals surface area (Å²) in [4.78, 5) is 23.9. The smallest absolute Gasteiger partial charge is 0.328 e. The molecule has 0 unspecified atom stereocenters. The number of hydrogen-bond acceptors (Lipinski definition) is 7. The Morgan fingerprint density at radius 3 is 2.43 bits per heavy atom. The number of carbonyl (C=O) groups excluding carboxylic acids is 2. The van der Waals surface area contributed by atoms with Crippen LogP contribution in [0.15, 0.2) is 65.1 Å². The normalized spacial score (nSPS) is 11.5. The highest BCUT2D eigenvalue weighted by Crippen LogP contribution is 2.17. The number of rotatable bonds is 8. The van der Waals surface area contributed by atoms with Crippen molar-refractivity contribution in [2.75, 3.05) is 6.61 Å². The van der Waals surface area contributed by atoms with Crippen LogP contribution >= 0.6 is 0 Å². The van der Waals surface area contributed by atoms with Crippen molar-refractivity contribution in [1.29, 1.82) is 0 Å². The summed E-state index contributed by atoms with van der Waals surface area (Å²) in [7, 11) is 0. The van der Waals surface area contributed by atoms with E-state index < -0.39 is 17.9 Å². The molecule has 144 valence electrons. The van der Waals surface area contributed by atoms with Gasteiger partial charge in [-0.3, -0.25) is 4.79 Å². The molecule has 0 spiro atoms. The fraction of sp³-hybridized carbons (Fsp3) is 0.200. The molecule has 28 heavy (non-hydrogen) atoms. The Kier molecular flexibility index (Phi) is 6.35. The van der Waals surface area contributed by atoms with Crippen molar-refractivity contribution in [3.63, 3.8) is 0 Å². The van der Waals surface area contributed by atoms with Gasteiger partial charge in [-0.1, -0.05) is 36.4 Å². The predicted octanol–water partition coefficient (Wildman–Crippen LogP) is 2.36. The summed E-state index contributed by atoms with van der Waals surface area (Å²) < 4.78 is 15.9. The second kappa shape index (κ2) is 9.31. The third-order valence-electron chi connectivity index (χ3n) is 3.67. The van der Waals surface area contributed by atoms with Gasteiger partial charge in [0.05, 0.1) is 0 Å². The molecule has 1 heterocycles. The van der Waals surface area contributed by atoms with Crippen molar-refractivity contribution in [2.45, 2.75) is 19.6 Å². The van der Waals surface area contributed by atoms with Crippen LogP contribution in [0.5, 0.6) is 5.75 Å². The largest absolute Gasteiger partial charge is 0.484 e. The topological polar surface area (TPSA) is 104 Å². The zero-order valence-corrected chi connectivity index (χ0v) is 15.2. The minimum absolute atomic E-state index is 0.165. The van der Waals surface area contributed by atoms with Crippen molar-refractivity contribution in [2.24, 2.45) is 0 Å². The Morgan fingerprint density at radius 2 is 1.71 bits per heavy atom. The Bertz CT molecular complexity index is 912. The monoisotopic (exact) mass is 381 g/mol. The van der Waals surface area contributed by atoms with Crippen LogP contribution in [0.2, 0.25) is 0 Å². The molecule has 1 aromatic heterocycles. The Hall–Kier alpha value is -3.68. The first-order valence-electron chi connectivity index (χ1n) is 8.63. The van der Waals surface area contributed by atoms with E-state index in [1.54, 1.807) is 24.3 Å². The van der Waals surface area contributed by atoms with Gasteiger partial charge in [-0.05, 0) is 31.2 Å². The maximum atomic E-state index is 12.0. The molecule has 3 aromatic rings. The Balaban J connectivity index is 1.43. The fourth-order valence-electron chi connectivity index (χ4n) is 2.27. The van der Waals surface area contributed by atoms with Gasteiger partial charge < -0.3 is 19.2 Å². The lowest BCUT2D eigenvalue weighted by Crippen LogP contribution is -2.41. The highest BCUT2D eigenvalue weighted by molar-refractivity contribution is 5.84. The summed E-state index contributed by atoms with van der Waals surface area (Å²) in [5, 5.41) is 10.3. The Morgan fingerprint density at radius 1 is 1.04 bits per heavy atom. The second-order valence-corrected chi connectivity index (χ2v) is 5.87. The van der Waals surface area contributed by atoms with E-state index in [9.17, 15) is 9.59 Å². The van der Waals surface area contributed by atoms with Crippen LogP contribution < -0.4 is 10.1 Å². The highest BCUT2D eigenvalue weighted by atomic mass is 16.5. The molecule has 8 heteroatoms.